The molecule has 1 saturated heterocycles. The summed E-state index contributed by atoms with van der Waals surface area (Å²) in [5, 5.41) is -0.398. The summed E-state index contributed by atoms with van der Waals surface area (Å²) in [6.07, 6.45) is 3.98. The average Bonchev–Trinajstić information content (AvgIpc) is 2.97. The van der Waals surface area contributed by atoms with E-state index in [1.54, 1.807) is 0 Å². The molecule has 0 amide bonds. The van der Waals surface area contributed by atoms with Crippen LogP contribution in [0.5, 0.6) is 0 Å². The smallest absolute Gasteiger partial charge is 0.339 e. The third kappa shape index (κ3) is 3.29. The lowest BCUT2D eigenvalue weighted by Gasteiger charge is -2.34. The number of piperidine rings is 1. The lowest BCUT2D eigenvalue weighted by Crippen LogP contribution is -2.43. The minimum Gasteiger partial charge on any atom is -0.465 e. The van der Waals surface area contributed by atoms with Crippen molar-refractivity contribution in [3.8, 4) is 0 Å². The highest BCUT2D eigenvalue weighted by Crippen LogP contribution is 2.22. The molecule has 0 aromatic carbocycles. The molecule has 1 aromatic rings. The Morgan fingerprint density at radius 1 is 1.33 bits per heavy atom. The summed E-state index contributed by atoms with van der Waals surface area (Å²) >= 11 is 0. The average molecular weight is 314 g/mol. The van der Waals surface area contributed by atoms with Crippen LogP contribution in [-0.4, -0.2) is 54.8 Å². The summed E-state index contributed by atoms with van der Waals surface area (Å²) in [7, 11) is -2.18. The van der Waals surface area contributed by atoms with Gasteiger partial charge in [0.15, 0.2) is 0 Å². The van der Waals surface area contributed by atoms with E-state index < -0.39 is 21.2 Å². The number of hydrogen-bond acceptors (Lipinski definition) is 5. The second-order valence-electron chi connectivity index (χ2n) is 5.60. The molecule has 1 aliphatic rings. The van der Waals surface area contributed by atoms with Crippen molar-refractivity contribution in [1.29, 1.82) is 0 Å². The first kappa shape index (κ1) is 16.0. The summed E-state index contributed by atoms with van der Waals surface area (Å²) in [6, 6.07) is 1.90. The van der Waals surface area contributed by atoms with Crippen LogP contribution in [-0.2, 0) is 14.8 Å². The highest BCUT2D eigenvalue weighted by atomic mass is 32.2. The molecule has 0 saturated carbocycles. The molecule has 1 aromatic heterocycles. The molecular weight excluding hydrogens is 292 g/mol. The summed E-state index contributed by atoms with van der Waals surface area (Å²) in [4.78, 5) is 13.7. The van der Waals surface area contributed by atoms with E-state index in [-0.39, 0.29) is 5.56 Å². The molecule has 1 aliphatic heterocycles. The number of carbonyl (C=O) groups is 1. The Morgan fingerprint density at radius 2 is 1.95 bits per heavy atom. The summed E-state index contributed by atoms with van der Waals surface area (Å²) < 4.78 is 30.9. The van der Waals surface area contributed by atoms with Gasteiger partial charge in [0.2, 0.25) is 10.0 Å². The minimum absolute atomic E-state index is 0.251. The predicted molar refractivity (Wildman–Crippen MR) is 79.8 cm³/mol. The number of esters is 1. The van der Waals surface area contributed by atoms with Crippen molar-refractivity contribution >= 4 is 16.0 Å². The van der Waals surface area contributed by atoms with Crippen molar-refractivity contribution in [1.82, 2.24) is 8.87 Å². The Kier molecular flexibility index (Phi) is 4.73. The molecule has 0 spiro atoms. The van der Waals surface area contributed by atoms with E-state index in [2.05, 4.69) is 23.5 Å². The van der Waals surface area contributed by atoms with Gasteiger partial charge in [-0.3, -0.25) is 3.97 Å². The molecule has 0 atom stereocenters. The molecule has 2 heterocycles. The molecule has 118 valence electrons. The van der Waals surface area contributed by atoms with Crippen LogP contribution in [0.25, 0.3) is 0 Å². The molecule has 0 radical (unpaired) electrons. The van der Waals surface area contributed by atoms with Gasteiger partial charge in [0.1, 0.15) is 0 Å². The monoisotopic (exact) mass is 314 g/mol. The molecule has 6 nitrogen and oxygen atoms in total. The zero-order chi connectivity index (χ0) is 15.6. The Hall–Kier alpha value is -1.34. The van der Waals surface area contributed by atoms with Gasteiger partial charge in [-0.2, -0.15) is 0 Å². The molecule has 0 N–H and O–H groups in total. The Labute approximate surface area is 125 Å². The normalized spacial score (nSPS) is 18.1. The lowest BCUT2D eigenvalue weighted by atomic mass is 10.1. The van der Waals surface area contributed by atoms with Crippen LogP contribution in [0.3, 0.4) is 0 Å². The first-order valence-electron chi connectivity index (χ1n) is 7.11. The maximum absolute atomic E-state index is 12.6. The number of nitrogens with zero attached hydrogens (tertiary/aromatic N) is 2. The van der Waals surface area contributed by atoms with Crippen LogP contribution < -0.4 is 0 Å². The van der Waals surface area contributed by atoms with Crippen molar-refractivity contribution in [3.05, 3.63) is 24.0 Å². The quantitative estimate of drug-likeness (QED) is 0.784. The second kappa shape index (κ2) is 6.19. The zero-order valence-electron chi connectivity index (χ0n) is 12.7. The van der Waals surface area contributed by atoms with Gasteiger partial charge in [-0.05, 0) is 45.8 Å². The first-order chi connectivity index (χ1) is 9.86. The minimum atomic E-state index is -3.45. The second-order valence-corrected chi connectivity index (χ2v) is 7.71. The Bertz CT molecular complexity index is 598. The van der Waals surface area contributed by atoms with Crippen molar-refractivity contribution in [2.75, 3.05) is 20.2 Å². The lowest BCUT2D eigenvalue weighted by molar-refractivity contribution is 0.0601. The summed E-state index contributed by atoms with van der Waals surface area (Å²) in [5.74, 6) is -0.529. The van der Waals surface area contributed by atoms with Gasteiger partial charge in [-0.15, -0.1) is 0 Å². The number of carbonyl (C=O) groups excluding carboxylic acids is 1. The van der Waals surface area contributed by atoms with E-state index >= 15 is 0 Å². The van der Waals surface area contributed by atoms with Crippen molar-refractivity contribution in [2.45, 2.75) is 38.0 Å². The van der Waals surface area contributed by atoms with E-state index in [0.717, 1.165) is 17.1 Å². The third-order valence-electron chi connectivity index (χ3n) is 4.01. The van der Waals surface area contributed by atoms with Crippen LogP contribution in [0.2, 0.25) is 0 Å². The molecule has 0 bridgehead atoms. The largest absolute Gasteiger partial charge is 0.465 e. The highest BCUT2D eigenvalue weighted by molar-refractivity contribution is 7.90. The molecule has 21 heavy (non-hydrogen) atoms. The number of likely N-dealkylation sites (tertiary alicyclic amines) is 1. The van der Waals surface area contributed by atoms with E-state index in [9.17, 15) is 13.2 Å². The fourth-order valence-electron chi connectivity index (χ4n) is 2.64. The van der Waals surface area contributed by atoms with Crippen LogP contribution >= 0.6 is 0 Å². The Morgan fingerprint density at radius 3 is 2.48 bits per heavy atom. The Balaban J connectivity index is 2.12. The number of rotatable bonds is 4. The molecule has 1 fully saturated rings. The maximum Gasteiger partial charge on any atom is 0.339 e. The van der Waals surface area contributed by atoms with Gasteiger partial charge in [0.25, 0.3) is 0 Å². The SMILES string of the molecule is COC(=O)c1ccn(S(=O)(=O)C2CCN(C(C)C)CC2)c1. The summed E-state index contributed by atoms with van der Waals surface area (Å²) in [5.41, 5.74) is 0.251. The van der Waals surface area contributed by atoms with Crippen LogP contribution in [0.1, 0.15) is 37.0 Å². The van der Waals surface area contributed by atoms with Crippen LogP contribution in [0.4, 0.5) is 0 Å². The van der Waals surface area contributed by atoms with E-state index in [1.807, 2.05) is 0 Å². The standard InChI is InChI=1S/C14H22N2O4S/c1-11(2)15-7-5-13(6-8-15)21(18,19)16-9-4-12(10-16)14(17)20-3/h4,9-11,13H,5-8H2,1-3H3. The molecule has 0 unspecified atom stereocenters. The van der Waals surface area contributed by atoms with Gasteiger partial charge in [-0.25, -0.2) is 13.2 Å². The summed E-state index contributed by atoms with van der Waals surface area (Å²) in [6.45, 7) is 5.80. The fraction of sp³-hybridized carbons (Fsp3) is 0.643. The first-order valence-corrected chi connectivity index (χ1v) is 8.61. The maximum atomic E-state index is 12.6. The molecular formula is C14H22N2O4S. The number of methoxy groups -OCH3 is 1. The zero-order valence-corrected chi connectivity index (χ0v) is 13.5. The van der Waals surface area contributed by atoms with E-state index in [0.29, 0.717) is 18.9 Å². The van der Waals surface area contributed by atoms with Gasteiger partial charge in [0, 0.05) is 18.4 Å². The predicted octanol–water partition coefficient (Wildman–Crippen LogP) is 1.33. The number of hydrogen-bond donors (Lipinski definition) is 0. The topological polar surface area (TPSA) is 68.6 Å². The van der Waals surface area contributed by atoms with Gasteiger partial charge < -0.3 is 9.64 Å². The van der Waals surface area contributed by atoms with Crippen LogP contribution in [0.15, 0.2) is 18.5 Å². The molecule has 7 heteroatoms. The van der Waals surface area contributed by atoms with Crippen molar-refractivity contribution in [3.63, 3.8) is 0 Å². The van der Waals surface area contributed by atoms with Crippen LogP contribution in [0, 0.1) is 0 Å². The van der Waals surface area contributed by atoms with E-state index in [4.69, 9.17) is 0 Å². The van der Waals surface area contributed by atoms with Gasteiger partial charge in [0.05, 0.1) is 17.9 Å². The van der Waals surface area contributed by atoms with Gasteiger partial charge in [-0.1, -0.05) is 0 Å². The highest BCUT2D eigenvalue weighted by Gasteiger charge is 2.32. The van der Waals surface area contributed by atoms with Gasteiger partial charge >= 0.3 is 5.97 Å². The third-order valence-corrected chi connectivity index (χ3v) is 6.14. The molecule has 2 rings (SSSR count). The molecule has 0 aliphatic carbocycles. The fourth-order valence-corrected chi connectivity index (χ4v) is 4.28. The van der Waals surface area contributed by atoms with E-state index in [1.165, 1.54) is 25.6 Å². The number of aromatic nitrogens is 1. The van der Waals surface area contributed by atoms with Crippen molar-refractivity contribution in [2.24, 2.45) is 0 Å². The number of ether oxygens (including phenoxy) is 1. The van der Waals surface area contributed by atoms with Crippen molar-refractivity contribution < 1.29 is 17.9 Å².